The zero-order valence-electron chi connectivity index (χ0n) is 11.0. The second-order valence-electron chi connectivity index (χ2n) is 5.25. The lowest BCUT2D eigenvalue weighted by atomic mass is 10.1. The molecule has 100 valence electrons. The lowest BCUT2D eigenvalue weighted by Gasteiger charge is -2.05. The third-order valence-electron chi connectivity index (χ3n) is 3.92. The quantitative estimate of drug-likeness (QED) is 0.674. The summed E-state index contributed by atoms with van der Waals surface area (Å²) in [5, 5.41) is 5.15. The van der Waals surface area contributed by atoms with E-state index in [-0.39, 0.29) is 0 Å². The first kappa shape index (κ1) is 11.9. The minimum absolute atomic E-state index is 0.738. The predicted octanol–water partition coefficient (Wildman–Crippen LogP) is 3.46. The van der Waals surface area contributed by atoms with Crippen LogP contribution in [0.25, 0.3) is 5.65 Å². The molecule has 0 aliphatic heterocycles. The van der Waals surface area contributed by atoms with Crippen molar-refractivity contribution in [2.45, 2.75) is 25.7 Å². The van der Waals surface area contributed by atoms with Gasteiger partial charge in [0.15, 0.2) is 5.65 Å². The first-order valence-electron chi connectivity index (χ1n) is 6.91. The normalized spacial score (nSPS) is 13.8. The van der Waals surface area contributed by atoms with E-state index in [9.17, 15) is 0 Å². The van der Waals surface area contributed by atoms with Crippen LogP contribution in [0.15, 0.2) is 36.5 Å². The fraction of sp³-hybridized carbons (Fsp3) is 0.250. The lowest BCUT2D eigenvalue weighted by molar-refractivity contribution is 0.900. The van der Waals surface area contributed by atoms with E-state index in [1.165, 1.54) is 11.1 Å². The largest absolute Gasteiger partial charge is 0.233 e. The summed E-state index contributed by atoms with van der Waals surface area (Å²) < 4.78 is 1.78. The van der Waals surface area contributed by atoms with Gasteiger partial charge in [-0.25, -0.2) is 9.50 Å². The first-order chi connectivity index (χ1) is 9.83. The van der Waals surface area contributed by atoms with E-state index in [1.54, 1.807) is 4.52 Å². The minimum atomic E-state index is 0.738. The third-order valence-corrected chi connectivity index (χ3v) is 4.31. The summed E-state index contributed by atoms with van der Waals surface area (Å²) in [5.41, 5.74) is 5.62. The van der Waals surface area contributed by atoms with Gasteiger partial charge in [0.2, 0.25) is 0 Å². The molecule has 20 heavy (non-hydrogen) atoms. The highest BCUT2D eigenvalue weighted by Crippen LogP contribution is 2.29. The number of hydrogen-bond donors (Lipinski definition) is 0. The molecule has 0 atom stereocenters. The Hall–Kier alpha value is -1.87. The molecule has 2 aromatic heterocycles. The van der Waals surface area contributed by atoms with Gasteiger partial charge in [-0.1, -0.05) is 41.9 Å². The van der Waals surface area contributed by atoms with Crippen LogP contribution in [0.3, 0.4) is 0 Å². The average molecular weight is 284 g/mol. The van der Waals surface area contributed by atoms with Crippen molar-refractivity contribution >= 4 is 17.2 Å². The SMILES string of the molecule is Clc1c2c(nc3c(Cc4ccccc4)cnn13)CCC2. The van der Waals surface area contributed by atoms with Crippen molar-refractivity contribution in [1.82, 2.24) is 14.6 Å². The second-order valence-corrected chi connectivity index (χ2v) is 5.61. The van der Waals surface area contributed by atoms with Crippen LogP contribution in [0, 0.1) is 0 Å². The van der Waals surface area contributed by atoms with Gasteiger partial charge >= 0.3 is 0 Å². The fourth-order valence-corrected chi connectivity index (χ4v) is 3.24. The summed E-state index contributed by atoms with van der Waals surface area (Å²) in [5.74, 6) is 0. The molecule has 2 heterocycles. The molecule has 0 radical (unpaired) electrons. The molecule has 0 amide bonds. The summed E-state index contributed by atoms with van der Waals surface area (Å²) in [7, 11) is 0. The Labute approximate surface area is 122 Å². The van der Waals surface area contributed by atoms with Crippen molar-refractivity contribution in [2.24, 2.45) is 0 Å². The molecule has 0 N–H and O–H groups in total. The van der Waals surface area contributed by atoms with Gasteiger partial charge in [-0.2, -0.15) is 5.10 Å². The topological polar surface area (TPSA) is 30.2 Å². The Morgan fingerprint density at radius 1 is 1.15 bits per heavy atom. The van der Waals surface area contributed by atoms with Gasteiger partial charge in [-0.3, -0.25) is 0 Å². The molecule has 0 saturated heterocycles. The molecular weight excluding hydrogens is 270 g/mol. The molecule has 4 heteroatoms. The number of aryl methyl sites for hydroxylation is 1. The van der Waals surface area contributed by atoms with E-state index in [4.69, 9.17) is 16.6 Å². The summed E-state index contributed by atoms with van der Waals surface area (Å²) in [4.78, 5) is 4.79. The van der Waals surface area contributed by atoms with E-state index in [0.29, 0.717) is 0 Å². The molecule has 0 bridgehead atoms. The van der Waals surface area contributed by atoms with Crippen LogP contribution in [0.1, 0.15) is 28.8 Å². The molecule has 0 unspecified atom stereocenters. The maximum Gasteiger partial charge on any atom is 0.160 e. The molecule has 1 aromatic carbocycles. The summed E-state index contributed by atoms with van der Waals surface area (Å²) in [6.07, 6.45) is 5.92. The zero-order chi connectivity index (χ0) is 13.5. The molecule has 0 spiro atoms. The standard InChI is InChI=1S/C16H14ClN3/c17-15-13-7-4-8-14(13)19-16-12(10-18-20(15)16)9-11-5-2-1-3-6-11/h1-3,5-6,10H,4,7-9H2. The number of fused-ring (bicyclic) bond motifs is 2. The van der Waals surface area contributed by atoms with Gasteiger partial charge in [0.1, 0.15) is 5.15 Å². The van der Waals surface area contributed by atoms with Gasteiger partial charge in [-0.05, 0) is 24.8 Å². The molecule has 4 rings (SSSR count). The molecule has 3 nitrogen and oxygen atoms in total. The van der Waals surface area contributed by atoms with Crippen molar-refractivity contribution in [2.75, 3.05) is 0 Å². The number of aromatic nitrogens is 3. The van der Waals surface area contributed by atoms with Gasteiger partial charge in [-0.15, -0.1) is 0 Å². The van der Waals surface area contributed by atoms with E-state index in [0.717, 1.165) is 47.7 Å². The maximum absolute atomic E-state index is 6.46. The van der Waals surface area contributed by atoms with E-state index in [1.807, 2.05) is 12.3 Å². The van der Waals surface area contributed by atoms with E-state index >= 15 is 0 Å². The predicted molar refractivity (Wildman–Crippen MR) is 79.3 cm³/mol. The van der Waals surface area contributed by atoms with Crippen LogP contribution in [-0.4, -0.2) is 14.6 Å². The van der Waals surface area contributed by atoms with Gasteiger partial charge in [0, 0.05) is 23.2 Å². The second kappa shape index (κ2) is 4.60. The van der Waals surface area contributed by atoms with Crippen LogP contribution in [0.5, 0.6) is 0 Å². The number of nitrogens with zero attached hydrogens (tertiary/aromatic N) is 3. The van der Waals surface area contributed by atoms with Crippen LogP contribution in [0.2, 0.25) is 5.15 Å². The monoisotopic (exact) mass is 283 g/mol. The fourth-order valence-electron chi connectivity index (χ4n) is 2.91. The van der Waals surface area contributed by atoms with Crippen molar-refractivity contribution in [3.8, 4) is 0 Å². The number of halogens is 1. The summed E-state index contributed by atoms with van der Waals surface area (Å²) in [6.45, 7) is 0. The third kappa shape index (κ3) is 1.81. The molecule has 1 aliphatic rings. The first-order valence-corrected chi connectivity index (χ1v) is 7.28. The highest BCUT2D eigenvalue weighted by Gasteiger charge is 2.20. The Kier molecular flexibility index (Phi) is 2.74. The van der Waals surface area contributed by atoms with Crippen LogP contribution < -0.4 is 0 Å². The molecule has 3 aromatic rings. The van der Waals surface area contributed by atoms with Crippen molar-refractivity contribution < 1.29 is 0 Å². The highest BCUT2D eigenvalue weighted by atomic mass is 35.5. The zero-order valence-corrected chi connectivity index (χ0v) is 11.8. The number of rotatable bonds is 2. The molecule has 1 aliphatic carbocycles. The number of hydrogen-bond acceptors (Lipinski definition) is 2. The Morgan fingerprint density at radius 2 is 2.00 bits per heavy atom. The number of benzene rings is 1. The lowest BCUT2D eigenvalue weighted by Crippen LogP contribution is -2.00. The van der Waals surface area contributed by atoms with Gasteiger partial charge in [0.25, 0.3) is 0 Å². The van der Waals surface area contributed by atoms with E-state index in [2.05, 4.69) is 29.4 Å². The minimum Gasteiger partial charge on any atom is -0.233 e. The Balaban J connectivity index is 1.84. The van der Waals surface area contributed by atoms with Crippen molar-refractivity contribution in [3.05, 3.63) is 64.1 Å². The van der Waals surface area contributed by atoms with Crippen LogP contribution in [0.4, 0.5) is 0 Å². The highest BCUT2D eigenvalue weighted by molar-refractivity contribution is 6.30. The molecule has 0 fully saturated rings. The maximum atomic E-state index is 6.46. The average Bonchev–Trinajstić information content (AvgIpc) is 3.08. The Morgan fingerprint density at radius 3 is 2.85 bits per heavy atom. The van der Waals surface area contributed by atoms with Crippen LogP contribution >= 0.6 is 11.6 Å². The summed E-state index contributed by atoms with van der Waals surface area (Å²) >= 11 is 6.46. The molecular formula is C16H14ClN3. The molecule has 0 saturated carbocycles. The van der Waals surface area contributed by atoms with Crippen LogP contribution in [-0.2, 0) is 19.3 Å². The van der Waals surface area contributed by atoms with Crippen molar-refractivity contribution in [3.63, 3.8) is 0 Å². The van der Waals surface area contributed by atoms with E-state index < -0.39 is 0 Å². The van der Waals surface area contributed by atoms with Gasteiger partial charge in [0.05, 0.1) is 6.20 Å². The van der Waals surface area contributed by atoms with Crippen molar-refractivity contribution in [1.29, 1.82) is 0 Å². The summed E-state index contributed by atoms with van der Waals surface area (Å²) in [6, 6.07) is 10.4. The van der Waals surface area contributed by atoms with Gasteiger partial charge < -0.3 is 0 Å². The smallest absolute Gasteiger partial charge is 0.160 e. The Bertz CT molecular complexity index is 777.